The Balaban J connectivity index is 1.69. The van der Waals surface area contributed by atoms with Crippen LogP contribution in [0.15, 0.2) is 69.9 Å². The summed E-state index contributed by atoms with van der Waals surface area (Å²) in [5.74, 6) is 1.51. The van der Waals surface area contributed by atoms with Gasteiger partial charge in [-0.1, -0.05) is 26.0 Å². The van der Waals surface area contributed by atoms with E-state index in [0.29, 0.717) is 34.1 Å². The lowest BCUT2D eigenvalue weighted by Gasteiger charge is -2.12. The zero-order chi connectivity index (χ0) is 24.4. The lowest BCUT2D eigenvalue weighted by molar-refractivity contribution is 0.0992. The van der Waals surface area contributed by atoms with Crippen LogP contribution in [-0.4, -0.2) is 20.0 Å². The number of fused-ring (bicyclic) bond motifs is 1. The Labute approximate surface area is 199 Å². The molecule has 0 bridgehead atoms. The number of carbonyl (C=O) groups excluding carboxylic acids is 1. The first kappa shape index (κ1) is 23.3. The Bertz CT molecular complexity index is 1430. The van der Waals surface area contributed by atoms with Gasteiger partial charge in [0.15, 0.2) is 5.78 Å². The lowest BCUT2D eigenvalue weighted by Crippen LogP contribution is -2.13. The van der Waals surface area contributed by atoms with Crippen molar-refractivity contribution in [2.24, 2.45) is 0 Å². The van der Waals surface area contributed by atoms with Gasteiger partial charge in [-0.25, -0.2) is 4.79 Å². The molecule has 1 aromatic heterocycles. The molecule has 0 atom stereocenters. The third-order valence-corrected chi connectivity index (χ3v) is 6.07. The Morgan fingerprint density at radius 2 is 1.76 bits per heavy atom. The third-order valence-electron chi connectivity index (χ3n) is 6.07. The number of carbonyl (C=O) groups is 1. The van der Waals surface area contributed by atoms with Crippen molar-refractivity contribution in [2.45, 2.75) is 33.1 Å². The number of benzene rings is 3. The molecule has 174 valence electrons. The summed E-state index contributed by atoms with van der Waals surface area (Å²) >= 11 is 0. The molecule has 5 nitrogen and oxygen atoms in total. The lowest BCUT2D eigenvalue weighted by atomic mass is 9.95. The van der Waals surface area contributed by atoms with Crippen LogP contribution in [0.5, 0.6) is 11.5 Å². The van der Waals surface area contributed by atoms with Crippen LogP contribution in [0.4, 0.5) is 0 Å². The fourth-order valence-electron chi connectivity index (χ4n) is 4.26. The first-order valence-corrected chi connectivity index (χ1v) is 11.2. The van der Waals surface area contributed by atoms with Crippen LogP contribution in [-0.2, 0) is 6.42 Å². The molecule has 0 radical (unpaired) electrons. The number of aryl methyl sites for hydroxylation is 1. The topological polar surface area (TPSA) is 65.7 Å². The van der Waals surface area contributed by atoms with Crippen molar-refractivity contribution in [3.63, 3.8) is 0 Å². The summed E-state index contributed by atoms with van der Waals surface area (Å²) in [6.07, 6.45) is -0.0485. The average molecular weight is 457 g/mol. The first-order chi connectivity index (χ1) is 16.3. The highest BCUT2D eigenvalue weighted by atomic mass is 16.5. The van der Waals surface area contributed by atoms with Crippen molar-refractivity contribution in [2.75, 3.05) is 14.2 Å². The molecule has 0 saturated heterocycles. The number of Topliss-reactive ketones (excluding diaryl/α,β-unsaturated/α-hetero) is 1. The molecule has 1 heterocycles. The standard InChI is InChI=1S/C29H28O5/c1-17(2)24-16-28-21(11-18(24)3)12-22(29(31)34-28)15-26(30)20-9-10-27(33-5)25(14-20)19-7-6-8-23(13-19)32-4/h6-14,16-17H,15H2,1-5H3. The second-order valence-electron chi connectivity index (χ2n) is 8.71. The summed E-state index contributed by atoms with van der Waals surface area (Å²) in [5.41, 5.74) is 4.80. The molecule has 4 rings (SSSR count). The van der Waals surface area contributed by atoms with Gasteiger partial charge in [0.2, 0.25) is 0 Å². The van der Waals surface area contributed by atoms with Gasteiger partial charge in [-0.05, 0) is 78.1 Å². The second-order valence-corrected chi connectivity index (χ2v) is 8.71. The molecule has 5 heteroatoms. The van der Waals surface area contributed by atoms with Gasteiger partial charge in [0.05, 0.1) is 14.2 Å². The zero-order valence-corrected chi connectivity index (χ0v) is 20.1. The van der Waals surface area contributed by atoms with Crippen LogP contribution in [0, 0.1) is 6.92 Å². The van der Waals surface area contributed by atoms with E-state index in [0.717, 1.165) is 27.6 Å². The maximum absolute atomic E-state index is 13.2. The molecule has 0 amide bonds. The number of hydrogen-bond donors (Lipinski definition) is 0. The molecular formula is C29H28O5. The summed E-state index contributed by atoms with van der Waals surface area (Å²) in [7, 11) is 3.20. The van der Waals surface area contributed by atoms with Crippen molar-refractivity contribution in [3.8, 4) is 22.6 Å². The van der Waals surface area contributed by atoms with Gasteiger partial charge in [0, 0.05) is 28.5 Å². The highest BCUT2D eigenvalue weighted by Gasteiger charge is 2.16. The van der Waals surface area contributed by atoms with Crippen molar-refractivity contribution < 1.29 is 18.7 Å². The predicted molar refractivity (Wildman–Crippen MR) is 134 cm³/mol. The molecule has 0 saturated carbocycles. The average Bonchev–Trinajstić information content (AvgIpc) is 2.83. The Hall–Kier alpha value is -3.86. The number of methoxy groups -OCH3 is 2. The van der Waals surface area contributed by atoms with E-state index in [1.165, 1.54) is 0 Å². The van der Waals surface area contributed by atoms with E-state index in [4.69, 9.17) is 13.9 Å². The highest BCUT2D eigenvalue weighted by Crippen LogP contribution is 2.33. The van der Waals surface area contributed by atoms with Gasteiger partial charge in [-0.2, -0.15) is 0 Å². The fraction of sp³-hybridized carbons (Fsp3) is 0.241. The highest BCUT2D eigenvalue weighted by molar-refractivity contribution is 5.99. The summed E-state index contributed by atoms with van der Waals surface area (Å²) in [4.78, 5) is 25.8. The maximum Gasteiger partial charge on any atom is 0.339 e. The quantitative estimate of drug-likeness (QED) is 0.240. The van der Waals surface area contributed by atoms with Crippen molar-refractivity contribution in [3.05, 3.63) is 93.3 Å². The molecule has 0 unspecified atom stereocenters. The largest absolute Gasteiger partial charge is 0.497 e. The van der Waals surface area contributed by atoms with Gasteiger partial charge >= 0.3 is 5.63 Å². The summed E-state index contributed by atoms with van der Waals surface area (Å²) in [5, 5.41) is 0.816. The Kier molecular flexibility index (Phi) is 6.55. The van der Waals surface area contributed by atoms with E-state index in [1.54, 1.807) is 38.5 Å². The molecule has 4 aromatic rings. The first-order valence-electron chi connectivity index (χ1n) is 11.2. The van der Waals surface area contributed by atoms with Gasteiger partial charge < -0.3 is 13.9 Å². The minimum absolute atomic E-state index is 0.0485. The maximum atomic E-state index is 13.2. The Morgan fingerprint density at radius 1 is 0.971 bits per heavy atom. The SMILES string of the molecule is COc1cccc(-c2cc(C(=O)Cc3cc4cc(C)c(C(C)C)cc4oc3=O)ccc2OC)c1. The normalized spacial score (nSPS) is 11.1. The number of ketones is 1. The van der Waals surface area contributed by atoms with Crippen LogP contribution in [0.1, 0.15) is 46.8 Å². The molecule has 34 heavy (non-hydrogen) atoms. The van der Waals surface area contributed by atoms with Gasteiger partial charge in [-0.3, -0.25) is 4.79 Å². The van der Waals surface area contributed by atoms with E-state index in [9.17, 15) is 9.59 Å². The summed E-state index contributed by atoms with van der Waals surface area (Å²) < 4.78 is 16.4. The molecule has 0 aliphatic heterocycles. The van der Waals surface area contributed by atoms with Crippen LogP contribution in [0.25, 0.3) is 22.1 Å². The molecule has 0 N–H and O–H groups in total. The van der Waals surface area contributed by atoms with Crippen molar-refractivity contribution in [1.82, 2.24) is 0 Å². The van der Waals surface area contributed by atoms with E-state index >= 15 is 0 Å². The van der Waals surface area contributed by atoms with Crippen LogP contribution in [0.2, 0.25) is 0 Å². The van der Waals surface area contributed by atoms with Gasteiger partial charge in [0.25, 0.3) is 0 Å². The molecular weight excluding hydrogens is 428 g/mol. The zero-order valence-electron chi connectivity index (χ0n) is 20.1. The smallest absolute Gasteiger partial charge is 0.339 e. The summed E-state index contributed by atoms with van der Waals surface area (Å²) in [6.45, 7) is 6.25. The minimum atomic E-state index is -0.485. The predicted octanol–water partition coefficient (Wildman–Crippen LogP) is 6.33. The fourth-order valence-corrected chi connectivity index (χ4v) is 4.26. The molecule has 0 aliphatic carbocycles. The molecule has 3 aromatic carbocycles. The second kappa shape index (κ2) is 9.56. The minimum Gasteiger partial charge on any atom is -0.497 e. The van der Waals surface area contributed by atoms with Gasteiger partial charge in [0.1, 0.15) is 17.1 Å². The summed E-state index contributed by atoms with van der Waals surface area (Å²) in [6, 6.07) is 18.5. The molecule has 0 aliphatic rings. The van der Waals surface area contributed by atoms with E-state index < -0.39 is 5.63 Å². The van der Waals surface area contributed by atoms with E-state index in [1.807, 2.05) is 43.3 Å². The molecule has 0 spiro atoms. The third kappa shape index (κ3) is 4.60. The van der Waals surface area contributed by atoms with Crippen LogP contribution < -0.4 is 15.1 Å². The molecule has 0 fully saturated rings. The number of rotatable bonds is 7. The Morgan fingerprint density at radius 3 is 2.47 bits per heavy atom. The number of hydrogen-bond acceptors (Lipinski definition) is 5. The van der Waals surface area contributed by atoms with Crippen LogP contribution >= 0.6 is 0 Å². The number of ether oxygens (including phenoxy) is 2. The van der Waals surface area contributed by atoms with E-state index in [-0.39, 0.29) is 12.2 Å². The van der Waals surface area contributed by atoms with Crippen molar-refractivity contribution >= 4 is 16.8 Å². The van der Waals surface area contributed by atoms with Crippen LogP contribution in [0.3, 0.4) is 0 Å². The van der Waals surface area contributed by atoms with Crippen molar-refractivity contribution in [1.29, 1.82) is 0 Å². The van der Waals surface area contributed by atoms with E-state index in [2.05, 4.69) is 13.8 Å². The van der Waals surface area contributed by atoms with Gasteiger partial charge in [-0.15, -0.1) is 0 Å². The monoisotopic (exact) mass is 456 g/mol.